The van der Waals surface area contributed by atoms with Gasteiger partial charge >= 0.3 is 0 Å². The van der Waals surface area contributed by atoms with Gasteiger partial charge in [-0.05, 0) is 24.1 Å². The Labute approximate surface area is 146 Å². The highest BCUT2D eigenvalue weighted by Gasteiger charge is 2.20. The first-order valence-corrected chi connectivity index (χ1v) is 8.42. The molecule has 2 heterocycles. The van der Waals surface area contributed by atoms with Crippen LogP contribution in [-0.4, -0.2) is 41.4 Å². The Hall–Kier alpha value is -1.89. The zero-order valence-electron chi connectivity index (χ0n) is 13.3. The molecule has 0 bridgehead atoms. The Kier molecular flexibility index (Phi) is 5.85. The van der Waals surface area contributed by atoms with E-state index in [1.807, 2.05) is 30.3 Å². The average molecular weight is 349 g/mol. The normalized spacial score (nSPS) is 17.0. The maximum absolute atomic E-state index is 8.99. The minimum Gasteiger partial charge on any atom is -0.395 e. The Bertz CT molecular complexity index is 677. The number of aromatic nitrogens is 2. The topological polar surface area (TPSA) is 79.3 Å². The van der Waals surface area contributed by atoms with Gasteiger partial charge in [-0.1, -0.05) is 23.7 Å². The molecule has 24 heavy (non-hydrogen) atoms. The molecule has 3 N–H and O–H groups in total. The van der Waals surface area contributed by atoms with Crippen molar-refractivity contribution in [2.45, 2.75) is 18.9 Å². The minimum absolute atomic E-state index is 0.0331. The third-order valence-electron chi connectivity index (χ3n) is 3.85. The summed E-state index contributed by atoms with van der Waals surface area (Å²) in [5.74, 6) is 1.55. The van der Waals surface area contributed by atoms with Crippen molar-refractivity contribution in [2.24, 2.45) is 0 Å². The van der Waals surface area contributed by atoms with Gasteiger partial charge < -0.3 is 20.5 Å². The molecule has 1 aromatic carbocycles. The molecule has 6 nitrogen and oxygen atoms in total. The van der Waals surface area contributed by atoms with Gasteiger partial charge in [-0.15, -0.1) is 0 Å². The summed E-state index contributed by atoms with van der Waals surface area (Å²) in [7, 11) is 0. The lowest BCUT2D eigenvalue weighted by Gasteiger charge is -2.13. The predicted molar refractivity (Wildman–Crippen MR) is 94.6 cm³/mol. The van der Waals surface area contributed by atoms with Crippen molar-refractivity contribution in [3.63, 3.8) is 0 Å². The maximum atomic E-state index is 8.99. The van der Waals surface area contributed by atoms with Crippen LogP contribution in [0, 0.1) is 0 Å². The van der Waals surface area contributed by atoms with E-state index in [2.05, 4.69) is 20.6 Å². The van der Waals surface area contributed by atoms with Crippen LogP contribution >= 0.6 is 11.6 Å². The molecule has 1 aromatic heterocycles. The molecule has 0 saturated carbocycles. The van der Waals surface area contributed by atoms with E-state index >= 15 is 0 Å². The molecule has 1 aliphatic heterocycles. The minimum atomic E-state index is 0.0331. The summed E-state index contributed by atoms with van der Waals surface area (Å²) >= 11 is 6.02. The molecular formula is C17H21ClN4O2. The predicted octanol–water partition coefficient (Wildman–Crippen LogP) is 2.65. The summed E-state index contributed by atoms with van der Waals surface area (Å²) < 4.78 is 5.46. The summed E-state index contributed by atoms with van der Waals surface area (Å²) in [4.78, 5) is 9.01. The van der Waals surface area contributed by atoms with E-state index in [1.165, 1.54) is 0 Å². The van der Waals surface area contributed by atoms with Crippen LogP contribution < -0.4 is 10.6 Å². The van der Waals surface area contributed by atoms with Gasteiger partial charge in [0.1, 0.15) is 5.82 Å². The van der Waals surface area contributed by atoms with Gasteiger partial charge in [0.05, 0.1) is 18.9 Å². The van der Waals surface area contributed by atoms with Gasteiger partial charge in [0.25, 0.3) is 0 Å². The van der Waals surface area contributed by atoms with Gasteiger partial charge in [0.15, 0.2) is 0 Å². The summed E-state index contributed by atoms with van der Waals surface area (Å²) in [6, 6.07) is 9.68. The fourth-order valence-electron chi connectivity index (χ4n) is 2.62. The summed E-state index contributed by atoms with van der Waals surface area (Å²) in [6.45, 7) is 2.52. The Morgan fingerprint density at radius 1 is 1.25 bits per heavy atom. The van der Waals surface area contributed by atoms with E-state index in [0.29, 0.717) is 30.7 Å². The lowest BCUT2D eigenvalue weighted by molar-refractivity contribution is 0.193. The van der Waals surface area contributed by atoms with Crippen LogP contribution in [0.3, 0.4) is 0 Å². The van der Waals surface area contributed by atoms with Gasteiger partial charge in [0.2, 0.25) is 5.95 Å². The van der Waals surface area contributed by atoms with Crippen molar-refractivity contribution in [1.29, 1.82) is 0 Å². The van der Waals surface area contributed by atoms with Crippen molar-refractivity contribution in [3.8, 4) is 0 Å². The lowest BCUT2D eigenvalue weighted by atomic mass is 10.0. The Morgan fingerprint density at radius 3 is 2.92 bits per heavy atom. The van der Waals surface area contributed by atoms with Gasteiger partial charge in [0, 0.05) is 36.7 Å². The zero-order chi connectivity index (χ0) is 16.8. The van der Waals surface area contributed by atoms with Crippen LogP contribution in [0.4, 0.5) is 11.8 Å². The number of benzene rings is 1. The van der Waals surface area contributed by atoms with Gasteiger partial charge in [-0.3, -0.25) is 0 Å². The van der Waals surface area contributed by atoms with Crippen molar-refractivity contribution in [2.75, 3.05) is 37.0 Å². The Balaban J connectivity index is 1.75. The molecule has 0 aliphatic carbocycles. The third kappa shape index (κ3) is 4.56. The highest BCUT2D eigenvalue weighted by molar-refractivity contribution is 6.30. The number of nitrogens with one attached hydrogen (secondary N) is 2. The highest BCUT2D eigenvalue weighted by Crippen LogP contribution is 2.26. The quantitative estimate of drug-likeness (QED) is 0.714. The van der Waals surface area contributed by atoms with Crippen LogP contribution in [0.25, 0.3) is 0 Å². The summed E-state index contributed by atoms with van der Waals surface area (Å²) in [5, 5.41) is 16.1. The number of aliphatic hydroxyl groups is 1. The maximum Gasteiger partial charge on any atom is 0.224 e. The molecule has 2 aromatic rings. The Morgan fingerprint density at radius 2 is 2.17 bits per heavy atom. The van der Waals surface area contributed by atoms with Gasteiger partial charge in [-0.2, -0.15) is 4.98 Å². The van der Waals surface area contributed by atoms with Crippen molar-refractivity contribution in [3.05, 3.63) is 46.6 Å². The number of halogens is 1. The molecule has 1 unspecified atom stereocenters. The molecule has 7 heteroatoms. The van der Waals surface area contributed by atoms with Crippen LogP contribution in [0.5, 0.6) is 0 Å². The number of nitrogens with zero attached hydrogens (tertiary/aromatic N) is 2. The molecule has 1 aliphatic rings. The van der Waals surface area contributed by atoms with Crippen molar-refractivity contribution >= 4 is 23.4 Å². The summed E-state index contributed by atoms with van der Waals surface area (Å²) in [5.41, 5.74) is 2.04. The summed E-state index contributed by atoms with van der Waals surface area (Å²) in [6.07, 6.45) is 0.962. The van der Waals surface area contributed by atoms with E-state index in [4.69, 9.17) is 21.4 Å². The third-order valence-corrected chi connectivity index (χ3v) is 4.09. The largest absolute Gasteiger partial charge is 0.395 e. The van der Waals surface area contributed by atoms with Crippen LogP contribution in [0.2, 0.25) is 5.02 Å². The first-order chi connectivity index (χ1) is 11.7. The number of hydrogen-bond acceptors (Lipinski definition) is 6. The molecule has 0 spiro atoms. The van der Waals surface area contributed by atoms with Crippen LogP contribution in [0.15, 0.2) is 30.3 Å². The number of aliphatic hydroxyl groups excluding tert-OH is 1. The zero-order valence-corrected chi connectivity index (χ0v) is 14.1. The second-order valence-corrected chi connectivity index (χ2v) is 6.13. The number of anilines is 2. The molecule has 1 atom stereocenters. The fourth-order valence-corrected chi connectivity index (χ4v) is 2.83. The molecular weight excluding hydrogens is 328 g/mol. The molecule has 0 radical (unpaired) electrons. The van der Waals surface area contributed by atoms with Crippen LogP contribution in [0.1, 0.15) is 23.6 Å². The molecule has 1 fully saturated rings. The van der Waals surface area contributed by atoms with E-state index in [9.17, 15) is 0 Å². The van der Waals surface area contributed by atoms with Crippen molar-refractivity contribution < 1.29 is 9.84 Å². The second kappa shape index (κ2) is 8.28. The molecule has 0 amide bonds. The highest BCUT2D eigenvalue weighted by atomic mass is 35.5. The standard InChI is InChI=1S/C17H21ClN4O2/c18-14-3-1-2-12(8-14)10-20-16-9-15(13-4-7-24-11-13)21-17(22-16)19-5-6-23/h1-3,8-9,13,23H,4-7,10-11H2,(H2,19,20,21,22). The second-order valence-electron chi connectivity index (χ2n) is 5.70. The molecule has 128 valence electrons. The molecule has 1 saturated heterocycles. The average Bonchev–Trinajstić information content (AvgIpc) is 3.13. The van der Waals surface area contributed by atoms with Gasteiger partial charge in [-0.25, -0.2) is 4.98 Å². The number of ether oxygens (including phenoxy) is 1. The first-order valence-electron chi connectivity index (χ1n) is 8.04. The SMILES string of the molecule is OCCNc1nc(NCc2cccc(Cl)c2)cc(C2CCOC2)n1. The molecule has 3 rings (SSSR count). The van der Waals surface area contributed by atoms with E-state index < -0.39 is 0 Å². The van der Waals surface area contributed by atoms with E-state index in [1.54, 1.807) is 0 Å². The van der Waals surface area contributed by atoms with E-state index in [0.717, 1.165) is 30.1 Å². The number of hydrogen-bond donors (Lipinski definition) is 3. The first kappa shape index (κ1) is 17.0. The monoisotopic (exact) mass is 348 g/mol. The number of rotatable bonds is 7. The van der Waals surface area contributed by atoms with Crippen molar-refractivity contribution in [1.82, 2.24) is 9.97 Å². The van der Waals surface area contributed by atoms with Crippen LogP contribution in [-0.2, 0) is 11.3 Å². The smallest absolute Gasteiger partial charge is 0.224 e. The lowest BCUT2D eigenvalue weighted by Crippen LogP contribution is -2.13. The van der Waals surface area contributed by atoms with E-state index in [-0.39, 0.29) is 12.5 Å². The fraction of sp³-hybridized carbons (Fsp3) is 0.412.